The number of aliphatic imine (C=N–C) groups is 2. The van der Waals surface area contributed by atoms with Crippen molar-refractivity contribution in [1.29, 1.82) is 0 Å². The smallest absolute Gasteiger partial charge is 0.250 e. The lowest BCUT2D eigenvalue weighted by Crippen LogP contribution is -2.22. The summed E-state index contributed by atoms with van der Waals surface area (Å²) in [7, 11) is 0. The first-order chi connectivity index (χ1) is 12.6. The van der Waals surface area contributed by atoms with Gasteiger partial charge in [0.25, 0.3) is 5.52 Å². The molecule has 0 unspecified atom stereocenters. The number of nitrogens with zero attached hydrogens (tertiary/aromatic N) is 6. The fourth-order valence-electron chi connectivity index (χ4n) is 1.97. The van der Waals surface area contributed by atoms with E-state index in [9.17, 15) is 20.0 Å². The van der Waals surface area contributed by atoms with Crippen LogP contribution in [-0.4, -0.2) is 22.5 Å². The molecule has 0 bridgehead atoms. The van der Waals surface area contributed by atoms with Gasteiger partial charge in [-0.3, -0.25) is 9.26 Å². The van der Waals surface area contributed by atoms with E-state index in [1.165, 1.54) is 48.6 Å². The van der Waals surface area contributed by atoms with Crippen molar-refractivity contribution in [3.63, 3.8) is 0 Å². The van der Waals surface area contributed by atoms with E-state index in [2.05, 4.69) is 29.6 Å². The van der Waals surface area contributed by atoms with E-state index in [-0.39, 0.29) is 15.3 Å². The predicted octanol–water partition coefficient (Wildman–Crippen LogP) is 0.857. The molecule has 2 aromatic carbocycles. The molecule has 0 aliphatic rings. The molecule has 0 N–H and O–H groups in total. The molecule has 0 saturated heterocycles. The molecule has 128 valence electrons. The van der Waals surface area contributed by atoms with Crippen LogP contribution in [0.1, 0.15) is 0 Å². The van der Waals surface area contributed by atoms with Gasteiger partial charge in [0.05, 0.1) is 11.4 Å². The summed E-state index contributed by atoms with van der Waals surface area (Å²) < 4.78 is 8.64. The summed E-state index contributed by atoms with van der Waals surface area (Å²) in [4.78, 5) is 27.1. The average Bonchev–Trinajstić information content (AvgIpc) is 3.19. The molecule has 0 saturated carbocycles. The average molecular weight is 354 g/mol. The molecule has 0 fully saturated rings. The summed E-state index contributed by atoms with van der Waals surface area (Å²) in [6.07, 6.45) is 2.76. The monoisotopic (exact) mass is 354 g/mol. The second-order valence-corrected chi connectivity index (χ2v) is 4.61. The Morgan fingerprint density at radius 1 is 0.808 bits per heavy atom. The van der Waals surface area contributed by atoms with Gasteiger partial charge in [0.1, 0.15) is 0 Å². The minimum Gasteiger partial charge on any atom is -0.359 e. The van der Waals surface area contributed by atoms with Gasteiger partial charge < -0.3 is 10.4 Å². The molecule has 12 nitrogen and oxygen atoms in total. The Balaban J connectivity index is 0.000000151. The van der Waals surface area contributed by atoms with Crippen molar-refractivity contribution in [3.05, 3.63) is 46.8 Å². The molecule has 12 heteroatoms. The van der Waals surface area contributed by atoms with E-state index in [0.717, 1.165) is 0 Å². The van der Waals surface area contributed by atoms with Gasteiger partial charge in [-0.15, -0.1) is 0 Å². The van der Waals surface area contributed by atoms with Gasteiger partial charge in [-0.05, 0) is 34.1 Å². The van der Waals surface area contributed by atoms with Crippen LogP contribution in [0, 0.1) is 10.4 Å². The Kier molecular flexibility index (Phi) is 4.44. The minimum atomic E-state index is 0.233. The summed E-state index contributed by atoms with van der Waals surface area (Å²) >= 11 is 0. The number of rotatable bonds is 2. The van der Waals surface area contributed by atoms with Gasteiger partial charge in [0.2, 0.25) is 28.7 Å². The SMILES string of the molecule is O=C=Nc1ccc2c(c1)no[n+]2[O-].O=C=Nc1ccc2no[n+]([O-])c2c1. The molecule has 0 amide bonds. The number of aromatic nitrogens is 4. The first-order valence-electron chi connectivity index (χ1n) is 6.77. The van der Waals surface area contributed by atoms with Crippen LogP contribution in [0.25, 0.3) is 22.1 Å². The fourth-order valence-corrected chi connectivity index (χ4v) is 1.97. The Morgan fingerprint density at radius 3 is 2.08 bits per heavy atom. The molecule has 26 heavy (non-hydrogen) atoms. The zero-order chi connectivity index (χ0) is 18.5. The molecule has 2 heterocycles. The first kappa shape index (κ1) is 16.5. The Labute approximate surface area is 142 Å². The van der Waals surface area contributed by atoms with Crippen LogP contribution in [0.2, 0.25) is 0 Å². The highest BCUT2D eigenvalue weighted by atomic mass is 16.8. The molecular formula is C14H6N6O6. The largest absolute Gasteiger partial charge is 0.359 e. The van der Waals surface area contributed by atoms with Crippen molar-refractivity contribution in [3.8, 4) is 0 Å². The van der Waals surface area contributed by atoms with Crippen LogP contribution in [0.3, 0.4) is 0 Å². The van der Waals surface area contributed by atoms with E-state index >= 15 is 0 Å². The maximum absolute atomic E-state index is 10.9. The van der Waals surface area contributed by atoms with E-state index in [4.69, 9.17) is 0 Å². The zero-order valence-corrected chi connectivity index (χ0v) is 12.6. The highest BCUT2D eigenvalue weighted by molar-refractivity contribution is 5.75. The molecule has 0 atom stereocenters. The lowest BCUT2D eigenvalue weighted by molar-refractivity contribution is -0.782. The maximum atomic E-state index is 10.9. The predicted molar refractivity (Wildman–Crippen MR) is 81.5 cm³/mol. The second kappa shape index (κ2) is 7.01. The lowest BCUT2D eigenvalue weighted by atomic mass is 10.3. The quantitative estimate of drug-likeness (QED) is 0.290. The Hall–Kier alpha value is -4.40. The Morgan fingerprint density at radius 2 is 1.38 bits per heavy atom. The third-order valence-electron chi connectivity index (χ3n) is 3.09. The first-order valence-corrected chi connectivity index (χ1v) is 6.77. The number of isocyanates is 2. The summed E-state index contributed by atoms with van der Waals surface area (Å²) in [5.41, 5.74) is 2.03. The maximum Gasteiger partial charge on any atom is 0.250 e. The van der Waals surface area contributed by atoms with Crippen LogP contribution in [-0.2, 0) is 9.59 Å². The summed E-state index contributed by atoms with van der Waals surface area (Å²) in [6, 6.07) is 8.88. The topological polar surface area (TPSA) is 165 Å². The van der Waals surface area contributed by atoms with Gasteiger partial charge in [-0.2, -0.15) is 9.98 Å². The molecule has 4 rings (SSSR count). The third-order valence-corrected chi connectivity index (χ3v) is 3.09. The molecule has 2 aromatic heterocycles. The summed E-state index contributed by atoms with van der Waals surface area (Å²) in [6.45, 7) is 0. The highest BCUT2D eigenvalue weighted by Gasteiger charge is 2.09. The van der Waals surface area contributed by atoms with Crippen molar-refractivity contribution in [2.24, 2.45) is 9.98 Å². The van der Waals surface area contributed by atoms with E-state index < -0.39 is 0 Å². The van der Waals surface area contributed by atoms with Crippen molar-refractivity contribution in [2.75, 3.05) is 0 Å². The molecule has 0 spiro atoms. The number of hydrogen-bond acceptors (Lipinski definition) is 10. The van der Waals surface area contributed by atoms with Crippen LogP contribution >= 0.6 is 0 Å². The highest BCUT2D eigenvalue weighted by Crippen LogP contribution is 2.17. The number of hydrogen-bond donors (Lipinski definition) is 0. The van der Waals surface area contributed by atoms with Gasteiger partial charge in [0, 0.05) is 22.4 Å². The van der Waals surface area contributed by atoms with Crippen molar-refractivity contribution >= 4 is 45.6 Å². The van der Waals surface area contributed by atoms with Crippen molar-refractivity contribution < 1.29 is 28.7 Å². The van der Waals surface area contributed by atoms with E-state index in [0.29, 0.717) is 27.9 Å². The summed E-state index contributed by atoms with van der Waals surface area (Å²) in [5.74, 6) is 0. The normalized spacial score (nSPS) is 9.85. The van der Waals surface area contributed by atoms with Gasteiger partial charge in [0.15, 0.2) is 0 Å². The molecule has 0 aliphatic heterocycles. The Bertz CT molecular complexity index is 1190. The lowest BCUT2D eigenvalue weighted by Gasteiger charge is -1.87. The standard InChI is InChI=1S/2C7H3N3O3/c11-4-8-5-1-2-7-6(3-5)9-13-10(7)12;11-4-8-5-1-2-6-7(3-5)10(12)13-9-6/h2*1-3H. The molecule has 4 aromatic rings. The number of benzene rings is 2. The second-order valence-electron chi connectivity index (χ2n) is 4.61. The van der Waals surface area contributed by atoms with Crippen molar-refractivity contribution in [2.45, 2.75) is 0 Å². The van der Waals surface area contributed by atoms with Gasteiger partial charge in [-0.25, -0.2) is 9.59 Å². The minimum absolute atomic E-state index is 0.233. The van der Waals surface area contributed by atoms with E-state index in [1.54, 1.807) is 0 Å². The van der Waals surface area contributed by atoms with E-state index in [1.807, 2.05) is 0 Å². The molecule has 0 aliphatic carbocycles. The van der Waals surface area contributed by atoms with Crippen LogP contribution < -0.4 is 9.81 Å². The van der Waals surface area contributed by atoms with Crippen molar-refractivity contribution in [1.82, 2.24) is 10.3 Å². The van der Waals surface area contributed by atoms with Gasteiger partial charge in [-0.1, -0.05) is 0 Å². The molecule has 0 radical (unpaired) electrons. The molecular weight excluding hydrogens is 348 g/mol. The summed E-state index contributed by atoms with van der Waals surface area (Å²) in [5, 5.41) is 28.6. The third kappa shape index (κ3) is 3.26. The van der Waals surface area contributed by atoms with Crippen LogP contribution in [0.4, 0.5) is 11.4 Å². The van der Waals surface area contributed by atoms with Crippen LogP contribution in [0.15, 0.2) is 55.6 Å². The van der Waals surface area contributed by atoms with Gasteiger partial charge >= 0.3 is 0 Å². The number of fused-ring (bicyclic) bond motifs is 2. The zero-order valence-electron chi connectivity index (χ0n) is 12.6. The number of carbonyl (C=O) groups excluding carboxylic acids is 2. The fraction of sp³-hybridized carbons (Fsp3) is 0. The van der Waals surface area contributed by atoms with Crippen LogP contribution in [0.5, 0.6) is 0 Å².